The largest absolute Gasteiger partial charge is 0.465 e. The molecule has 4 rings (SSSR count). The van der Waals surface area contributed by atoms with Crippen LogP contribution in [0.15, 0.2) is 0 Å². The maximum Gasteiger partial charge on any atom is 0.407 e. The van der Waals surface area contributed by atoms with Crippen molar-refractivity contribution in [3.63, 3.8) is 0 Å². The van der Waals surface area contributed by atoms with Crippen LogP contribution >= 0.6 is 0 Å². The minimum Gasteiger partial charge on any atom is -0.465 e. The van der Waals surface area contributed by atoms with Gasteiger partial charge in [-0.2, -0.15) is 15.2 Å². The third-order valence-corrected chi connectivity index (χ3v) is 6.04. The quantitative estimate of drug-likeness (QED) is 0.734. The van der Waals surface area contributed by atoms with Crippen LogP contribution in [0.5, 0.6) is 6.01 Å². The van der Waals surface area contributed by atoms with E-state index in [1.165, 1.54) is 11.3 Å². The van der Waals surface area contributed by atoms with Crippen LogP contribution < -0.4 is 15.0 Å². The van der Waals surface area contributed by atoms with Gasteiger partial charge < -0.3 is 29.9 Å². The van der Waals surface area contributed by atoms with Crippen LogP contribution in [0.4, 0.5) is 10.6 Å². The summed E-state index contributed by atoms with van der Waals surface area (Å²) in [7, 11) is 2.10. The van der Waals surface area contributed by atoms with Crippen molar-refractivity contribution < 1.29 is 14.6 Å². The first-order chi connectivity index (χ1) is 14.1. The third kappa shape index (κ3) is 4.06. The monoisotopic (exact) mass is 401 g/mol. The van der Waals surface area contributed by atoms with Crippen molar-refractivity contribution in [2.75, 3.05) is 51.3 Å². The van der Waals surface area contributed by atoms with Gasteiger partial charge in [0.2, 0.25) is 0 Å². The average molecular weight is 401 g/mol. The van der Waals surface area contributed by atoms with Gasteiger partial charge in [0.05, 0.1) is 18.3 Å². The van der Waals surface area contributed by atoms with Crippen LogP contribution in [-0.4, -0.2) is 89.4 Å². The highest BCUT2D eigenvalue weighted by molar-refractivity contribution is 5.66. The number of hydrogen-bond acceptors (Lipinski definition) is 8. The molecule has 1 aromatic rings. The zero-order valence-corrected chi connectivity index (χ0v) is 16.7. The lowest BCUT2D eigenvalue weighted by Gasteiger charge is -2.39. The highest BCUT2D eigenvalue weighted by Crippen LogP contribution is 2.29. The molecule has 2 atom stereocenters. The number of amides is 1. The van der Waals surface area contributed by atoms with Crippen LogP contribution in [0, 0.1) is 11.3 Å². The highest BCUT2D eigenvalue weighted by atomic mass is 16.5. The summed E-state index contributed by atoms with van der Waals surface area (Å²) in [5.74, 6) is 0.711. The molecule has 10 heteroatoms. The fourth-order valence-corrected chi connectivity index (χ4v) is 4.30. The van der Waals surface area contributed by atoms with Gasteiger partial charge in [0, 0.05) is 31.2 Å². The number of fused-ring (bicyclic) bond motifs is 1. The smallest absolute Gasteiger partial charge is 0.407 e. The van der Waals surface area contributed by atoms with Gasteiger partial charge >= 0.3 is 12.1 Å². The standard InChI is InChI=1S/C19H27N7O3/c1-24-6-2-3-13(24)12-29-18-22-16-10-21-5-4-15(16)17(23-18)26-8-7-25(19(27)28)11-14(26)9-20/h13-14,21H,2-8,10-12H2,1H3,(H,27,28)/t13-,14-/m0/s1. The number of piperazine rings is 1. The Hall–Kier alpha value is -2.64. The summed E-state index contributed by atoms with van der Waals surface area (Å²) < 4.78 is 5.98. The van der Waals surface area contributed by atoms with E-state index >= 15 is 0 Å². The molecule has 4 heterocycles. The number of nitriles is 1. The molecule has 3 aliphatic rings. The molecule has 10 nitrogen and oxygen atoms in total. The van der Waals surface area contributed by atoms with E-state index < -0.39 is 12.1 Å². The zero-order valence-electron chi connectivity index (χ0n) is 16.7. The summed E-state index contributed by atoms with van der Waals surface area (Å²) in [4.78, 5) is 26.1. The predicted molar refractivity (Wildman–Crippen MR) is 105 cm³/mol. The molecule has 0 aromatic carbocycles. The number of nitrogens with one attached hydrogen (secondary N) is 1. The fourth-order valence-electron chi connectivity index (χ4n) is 4.30. The number of hydrogen-bond donors (Lipinski definition) is 2. The second-order valence-electron chi connectivity index (χ2n) is 7.84. The molecule has 1 aromatic heterocycles. The number of likely N-dealkylation sites (tertiary alicyclic amines) is 1. The second-order valence-corrected chi connectivity index (χ2v) is 7.84. The molecular weight excluding hydrogens is 374 g/mol. The van der Waals surface area contributed by atoms with Gasteiger partial charge in [-0.3, -0.25) is 0 Å². The van der Waals surface area contributed by atoms with Crippen LogP contribution in [-0.2, 0) is 13.0 Å². The number of nitrogens with zero attached hydrogens (tertiary/aromatic N) is 6. The molecule has 0 radical (unpaired) electrons. The Balaban J connectivity index is 1.59. The SMILES string of the molecule is CN1CCC[C@H]1COc1nc2c(c(N3CCN(C(=O)O)C[C@@H]3C#N)n1)CCNC2. The van der Waals surface area contributed by atoms with Gasteiger partial charge in [-0.05, 0) is 39.4 Å². The van der Waals surface area contributed by atoms with Crippen molar-refractivity contribution in [2.24, 2.45) is 0 Å². The van der Waals surface area contributed by atoms with Crippen LogP contribution in [0.3, 0.4) is 0 Å². The lowest BCUT2D eigenvalue weighted by Crippen LogP contribution is -2.54. The van der Waals surface area contributed by atoms with Crippen molar-refractivity contribution in [2.45, 2.75) is 37.9 Å². The maximum absolute atomic E-state index is 11.3. The number of aromatic nitrogens is 2. The van der Waals surface area contributed by atoms with Crippen LogP contribution in [0.2, 0.25) is 0 Å². The van der Waals surface area contributed by atoms with Crippen molar-refractivity contribution in [1.29, 1.82) is 5.26 Å². The summed E-state index contributed by atoms with van der Waals surface area (Å²) in [6.07, 6.45) is 2.04. The molecule has 0 aliphatic carbocycles. The Morgan fingerprint density at radius 3 is 2.97 bits per heavy atom. The fraction of sp³-hybridized carbons (Fsp3) is 0.684. The van der Waals surface area contributed by atoms with Crippen LogP contribution in [0.25, 0.3) is 0 Å². The maximum atomic E-state index is 11.3. The first-order valence-corrected chi connectivity index (χ1v) is 10.1. The van der Waals surface area contributed by atoms with E-state index in [9.17, 15) is 15.2 Å². The van der Waals surface area contributed by atoms with Crippen molar-refractivity contribution in [3.8, 4) is 12.1 Å². The number of carboxylic acid groups (broad SMARTS) is 1. The van der Waals surface area contributed by atoms with E-state index in [1.807, 2.05) is 4.90 Å². The zero-order chi connectivity index (χ0) is 20.4. The molecule has 1 amide bonds. The van der Waals surface area contributed by atoms with Gasteiger partial charge in [0.25, 0.3) is 0 Å². The number of carbonyl (C=O) groups is 1. The van der Waals surface area contributed by atoms with E-state index in [1.54, 1.807) is 0 Å². The second kappa shape index (κ2) is 8.39. The summed E-state index contributed by atoms with van der Waals surface area (Å²) in [6.45, 7) is 3.98. The lowest BCUT2D eigenvalue weighted by atomic mass is 10.0. The molecule has 2 N–H and O–H groups in total. The summed E-state index contributed by atoms with van der Waals surface area (Å²) >= 11 is 0. The Labute approximate surface area is 170 Å². The van der Waals surface area contributed by atoms with E-state index in [0.29, 0.717) is 44.1 Å². The Kier molecular flexibility index (Phi) is 5.69. The van der Waals surface area contributed by atoms with Gasteiger partial charge in [0.1, 0.15) is 18.5 Å². The van der Waals surface area contributed by atoms with Gasteiger partial charge in [0.15, 0.2) is 0 Å². The molecule has 0 bridgehead atoms. The normalized spacial score (nSPS) is 24.8. The topological polar surface area (TPSA) is 118 Å². The van der Waals surface area contributed by atoms with Crippen molar-refractivity contribution in [3.05, 3.63) is 11.3 Å². The predicted octanol–water partition coefficient (Wildman–Crippen LogP) is 0.287. The Bertz CT molecular complexity index is 812. The molecule has 2 saturated heterocycles. The molecule has 0 saturated carbocycles. The van der Waals surface area contributed by atoms with Crippen molar-refractivity contribution >= 4 is 11.9 Å². The summed E-state index contributed by atoms with van der Waals surface area (Å²) in [5.41, 5.74) is 1.92. The summed E-state index contributed by atoms with van der Waals surface area (Å²) in [5, 5.41) is 22.3. The first-order valence-electron chi connectivity index (χ1n) is 10.1. The molecule has 0 unspecified atom stereocenters. The molecule has 29 heavy (non-hydrogen) atoms. The number of rotatable bonds is 4. The Morgan fingerprint density at radius 2 is 2.24 bits per heavy atom. The summed E-state index contributed by atoms with van der Waals surface area (Å²) in [6, 6.07) is 2.36. The highest BCUT2D eigenvalue weighted by Gasteiger charge is 2.33. The molecule has 0 spiro atoms. The first kappa shape index (κ1) is 19.7. The van der Waals surface area contributed by atoms with Gasteiger partial charge in [-0.25, -0.2) is 4.79 Å². The molecule has 156 valence electrons. The Morgan fingerprint density at radius 1 is 1.38 bits per heavy atom. The molecule has 2 fully saturated rings. The average Bonchev–Trinajstić information content (AvgIpc) is 3.15. The lowest BCUT2D eigenvalue weighted by molar-refractivity contribution is 0.138. The van der Waals surface area contributed by atoms with Crippen molar-refractivity contribution in [1.82, 2.24) is 25.1 Å². The third-order valence-electron chi connectivity index (χ3n) is 6.04. The van der Waals surface area contributed by atoms with Gasteiger partial charge in [-0.1, -0.05) is 0 Å². The number of ether oxygens (including phenoxy) is 1. The minimum absolute atomic E-state index is 0.145. The number of likely N-dealkylation sites (N-methyl/N-ethyl adjacent to an activating group) is 1. The van der Waals surface area contributed by atoms with Gasteiger partial charge in [-0.15, -0.1) is 0 Å². The number of anilines is 1. The van der Waals surface area contributed by atoms with E-state index in [4.69, 9.17) is 9.72 Å². The molecular formula is C19H27N7O3. The van der Waals surface area contributed by atoms with Crippen LogP contribution in [0.1, 0.15) is 24.1 Å². The van der Waals surface area contributed by atoms with E-state index in [2.05, 4.69) is 28.3 Å². The molecule has 3 aliphatic heterocycles. The minimum atomic E-state index is -0.997. The van der Waals surface area contributed by atoms with E-state index in [-0.39, 0.29) is 6.54 Å². The van der Waals surface area contributed by atoms with E-state index in [0.717, 1.165) is 37.2 Å².